The molecule has 116 valence electrons. The molecule has 3 aromatic rings. The van der Waals surface area contributed by atoms with Crippen molar-refractivity contribution < 1.29 is 4.79 Å². The number of nitrogens with zero attached hydrogens (tertiary/aromatic N) is 2. The van der Waals surface area contributed by atoms with Crippen LogP contribution in [0.25, 0.3) is 10.2 Å². The average Bonchev–Trinajstić information content (AvgIpc) is 2.93. The van der Waals surface area contributed by atoms with Gasteiger partial charge >= 0.3 is 0 Å². The van der Waals surface area contributed by atoms with Crippen LogP contribution in [-0.4, -0.2) is 16.6 Å². The molecule has 0 aliphatic heterocycles. The number of hydrogen-bond donors (Lipinski definition) is 2. The summed E-state index contributed by atoms with van der Waals surface area (Å²) in [7, 11) is 0. The number of nitrogens with one attached hydrogen (secondary N) is 1. The lowest BCUT2D eigenvalue weighted by molar-refractivity contribution is -0.111. The molecule has 1 aromatic heterocycles. The first kappa shape index (κ1) is 15.7. The van der Waals surface area contributed by atoms with E-state index in [-0.39, 0.29) is 5.71 Å². The molecule has 0 aliphatic carbocycles. The van der Waals surface area contributed by atoms with Crippen molar-refractivity contribution in [1.82, 2.24) is 4.98 Å². The number of thiazole rings is 1. The zero-order chi connectivity index (χ0) is 16.4. The highest BCUT2D eigenvalue weighted by molar-refractivity contribution is 7.21. The summed E-state index contributed by atoms with van der Waals surface area (Å²) in [5.74, 6) is -0.695. The Bertz CT molecular complexity index is 869. The number of amides is 1. The largest absolute Gasteiger partial charge is 0.364 e. The number of benzene rings is 2. The molecule has 0 spiro atoms. The Kier molecular flexibility index (Phi) is 4.47. The van der Waals surface area contributed by atoms with Crippen LogP contribution >= 0.6 is 34.5 Å². The normalized spacial score (nSPS) is 11.7. The van der Waals surface area contributed by atoms with Crippen LogP contribution in [0.2, 0.25) is 10.0 Å². The monoisotopic (exact) mass is 364 g/mol. The van der Waals surface area contributed by atoms with Crippen LogP contribution in [0.1, 0.15) is 5.01 Å². The molecule has 0 atom stereocenters. The van der Waals surface area contributed by atoms with Crippen molar-refractivity contribution in [2.24, 2.45) is 10.8 Å². The summed E-state index contributed by atoms with van der Waals surface area (Å²) in [5.41, 5.74) is 9.31. The van der Waals surface area contributed by atoms with Gasteiger partial charge in [-0.25, -0.2) is 4.98 Å². The van der Waals surface area contributed by atoms with Gasteiger partial charge in [-0.15, -0.1) is 11.3 Å². The van der Waals surface area contributed by atoms with Gasteiger partial charge in [-0.1, -0.05) is 41.4 Å². The van der Waals surface area contributed by atoms with Crippen LogP contribution < -0.4 is 11.2 Å². The predicted molar refractivity (Wildman–Crippen MR) is 95.4 cm³/mol. The molecule has 1 amide bonds. The highest BCUT2D eigenvalue weighted by atomic mass is 35.5. The number of primary amides is 1. The number of aromatic nitrogens is 1. The molecule has 3 rings (SSSR count). The first-order chi connectivity index (χ1) is 11.1. The van der Waals surface area contributed by atoms with Gasteiger partial charge < -0.3 is 5.73 Å². The molecule has 0 bridgehead atoms. The third-order valence-electron chi connectivity index (χ3n) is 2.97. The lowest BCUT2D eigenvalue weighted by atomic mass is 10.3. The molecule has 0 saturated heterocycles. The molecule has 0 unspecified atom stereocenters. The van der Waals surface area contributed by atoms with Crippen LogP contribution in [0, 0.1) is 0 Å². The summed E-state index contributed by atoms with van der Waals surface area (Å²) in [4.78, 5) is 16.1. The van der Waals surface area contributed by atoms with Crippen molar-refractivity contribution in [1.29, 1.82) is 0 Å². The van der Waals surface area contributed by atoms with Crippen LogP contribution in [0.15, 0.2) is 47.6 Å². The van der Waals surface area contributed by atoms with E-state index < -0.39 is 5.91 Å². The van der Waals surface area contributed by atoms with Gasteiger partial charge in [0.05, 0.1) is 25.9 Å². The highest BCUT2D eigenvalue weighted by Crippen LogP contribution is 2.30. The Balaban J connectivity index is 2.00. The molecular weight excluding hydrogens is 355 g/mol. The number of carbonyl (C=O) groups excluding carboxylic acids is 1. The summed E-state index contributed by atoms with van der Waals surface area (Å²) >= 11 is 13.4. The fourth-order valence-corrected chi connectivity index (χ4v) is 3.34. The minimum atomic E-state index is -0.695. The lowest BCUT2D eigenvalue weighted by Crippen LogP contribution is -2.25. The van der Waals surface area contributed by atoms with E-state index in [1.807, 2.05) is 24.3 Å². The Morgan fingerprint density at radius 2 is 1.83 bits per heavy atom. The minimum absolute atomic E-state index is 0.0159. The zero-order valence-electron chi connectivity index (χ0n) is 11.6. The molecule has 3 N–H and O–H groups in total. The summed E-state index contributed by atoms with van der Waals surface area (Å²) in [5, 5.41) is 5.24. The van der Waals surface area contributed by atoms with Gasteiger partial charge in [-0.3, -0.25) is 10.2 Å². The van der Waals surface area contributed by atoms with E-state index in [1.54, 1.807) is 18.2 Å². The smallest absolute Gasteiger partial charge is 0.272 e. The minimum Gasteiger partial charge on any atom is -0.364 e. The van der Waals surface area contributed by atoms with E-state index in [2.05, 4.69) is 15.5 Å². The fourth-order valence-electron chi connectivity index (χ4n) is 1.90. The Morgan fingerprint density at radius 3 is 2.48 bits per heavy atom. The van der Waals surface area contributed by atoms with E-state index >= 15 is 0 Å². The maximum atomic E-state index is 11.7. The van der Waals surface area contributed by atoms with Gasteiger partial charge in [-0.2, -0.15) is 5.10 Å². The third-order valence-corrected chi connectivity index (χ3v) is 4.65. The maximum absolute atomic E-state index is 11.7. The van der Waals surface area contributed by atoms with Crippen LogP contribution in [0.5, 0.6) is 0 Å². The van der Waals surface area contributed by atoms with E-state index in [0.29, 0.717) is 20.7 Å². The first-order valence-electron chi connectivity index (χ1n) is 6.49. The van der Waals surface area contributed by atoms with Crippen LogP contribution in [-0.2, 0) is 4.79 Å². The molecular formula is C15H10Cl2N4OS. The molecule has 0 radical (unpaired) electrons. The second-order valence-corrected chi connectivity index (χ2v) is 6.36. The molecule has 5 nitrogen and oxygen atoms in total. The second kappa shape index (κ2) is 6.54. The molecule has 1 heterocycles. The number of fused-ring (bicyclic) bond motifs is 1. The van der Waals surface area contributed by atoms with Gasteiger partial charge in [0.2, 0.25) is 0 Å². The van der Waals surface area contributed by atoms with Crippen molar-refractivity contribution in [3.63, 3.8) is 0 Å². The van der Waals surface area contributed by atoms with Gasteiger partial charge in [0.25, 0.3) is 5.91 Å². The summed E-state index contributed by atoms with van der Waals surface area (Å²) < 4.78 is 0.937. The second-order valence-electron chi connectivity index (χ2n) is 4.52. The van der Waals surface area contributed by atoms with Crippen molar-refractivity contribution >= 4 is 62.1 Å². The quantitative estimate of drug-likeness (QED) is 0.544. The fraction of sp³-hybridized carbons (Fsp3) is 0. The van der Waals surface area contributed by atoms with Gasteiger partial charge in [0, 0.05) is 0 Å². The van der Waals surface area contributed by atoms with E-state index in [4.69, 9.17) is 28.9 Å². The van der Waals surface area contributed by atoms with Crippen LogP contribution in [0.3, 0.4) is 0 Å². The van der Waals surface area contributed by atoms with Crippen LogP contribution in [0.4, 0.5) is 5.69 Å². The molecule has 0 fully saturated rings. The molecule has 23 heavy (non-hydrogen) atoms. The Labute approximate surface area is 145 Å². The zero-order valence-corrected chi connectivity index (χ0v) is 13.9. The summed E-state index contributed by atoms with van der Waals surface area (Å²) in [6.07, 6.45) is 0. The van der Waals surface area contributed by atoms with Gasteiger partial charge in [0.15, 0.2) is 10.7 Å². The lowest BCUT2D eigenvalue weighted by Gasteiger charge is -2.06. The summed E-state index contributed by atoms with van der Waals surface area (Å²) in [6.45, 7) is 0. The van der Waals surface area contributed by atoms with E-state index in [9.17, 15) is 4.79 Å². The van der Waals surface area contributed by atoms with Gasteiger partial charge in [-0.05, 0) is 24.3 Å². The average molecular weight is 365 g/mol. The SMILES string of the molecule is NC(=O)/C(=N\Nc1c(Cl)cccc1Cl)c1nc2ccccc2s1. The Hall–Kier alpha value is -2.15. The highest BCUT2D eigenvalue weighted by Gasteiger charge is 2.16. The number of para-hydroxylation sites is 2. The topological polar surface area (TPSA) is 80.4 Å². The Morgan fingerprint density at radius 1 is 1.13 bits per heavy atom. The predicted octanol–water partition coefficient (Wildman–Crippen LogP) is 3.90. The molecule has 2 aromatic carbocycles. The number of carbonyl (C=O) groups is 1. The van der Waals surface area contributed by atoms with Crippen molar-refractivity contribution in [3.8, 4) is 0 Å². The van der Waals surface area contributed by atoms with Crippen molar-refractivity contribution in [2.75, 3.05) is 5.43 Å². The molecule has 8 heteroatoms. The van der Waals surface area contributed by atoms with Crippen molar-refractivity contribution in [2.45, 2.75) is 0 Å². The first-order valence-corrected chi connectivity index (χ1v) is 8.07. The number of rotatable bonds is 4. The molecule has 0 aliphatic rings. The number of hydrazone groups is 1. The number of halogens is 2. The van der Waals surface area contributed by atoms with E-state index in [1.165, 1.54) is 11.3 Å². The maximum Gasteiger partial charge on any atom is 0.272 e. The van der Waals surface area contributed by atoms with Crippen molar-refractivity contribution in [3.05, 3.63) is 57.5 Å². The molecule has 0 saturated carbocycles. The number of nitrogens with two attached hydrogens (primary N) is 1. The number of hydrogen-bond acceptors (Lipinski definition) is 5. The summed E-state index contributed by atoms with van der Waals surface area (Å²) in [6, 6.07) is 12.6. The van der Waals surface area contributed by atoms with Gasteiger partial charge in [0.1, 0.15) is 0 Å². The van der Waals surface area contributed by atoms with E-state index in [0.717, 1.165) is 10.2 Å². The standard InChI is InChI=1S/C15H10Cl2N4OS/c16-8-4-3-5-9(17)12(8)20-21-13(14(18)22)15-19-10-6-1-2-7-11(10)23-15/h1-7,20H,(H2,18,22)/b21-13+. The number of anilines is 1. The third kappa shape index (κ3) is 3.29.